The van der Waals surface area contributed by atoms with Gasteiger partial charge >= 0.3 is 0 Å². The fourth-order valence-electron chi connectivity index (χ4n) is 12.2. The molecule has 6 aromatic carbocycles. The zero-order chi connectivity index (χ0) is 67.3. The third-order valence-corrected chi connectivity index (χ3v) is 17.8. The summed E-state index contributed by atoms with van der Waals surface area (Å²) in [6.07, 6.45) is 22.2. The van der Waals surface area contributed by atoms with Crippen molar-refractivity contribution in [2.75, 3.05) is 65.4 Å². The van der Waals surface area contributed by atoms with Crippen molar-refractivity contribution in [2.45, 2.75) is 128 Å². The van der Waals surface area contributed by atoms with Gasteiger partial charge in [0.25, 0.3) is 11.8 Å². The summed E-state index contributed by atoms with van der Waals surface area (Å²) >= 11 is 0. The van der Waals surface area contributed by atoms with E-state index in [1.807, 2.05) is 60.7 Å². The largest absolute Gasteiger partial charge is 0.356 e. The molecular formula is C81H105N9O6. The Morgan fingerprint density at radius 1 is 0.302 bits per heavy atom. The SMILES string of the molecule is O=C(NCCCCc1ccccc1)[C@@H]1CCNC[C@H]1C(=O)NCCCCc1ccccc1.O=C(NCCCCc1ccccc1)[C@H]1CNCC[C@H]1C(=O)NCCCCc1ccccc1.O=C(NCCCCc1ccccc1)c1ccncc1C(=O)NCCCCc1ccccc1. The number of benzene rings is 6. The summed E-state index contributed by atoms with van der Waals surface area (Å²) in [6, 6.07) is 63.9. The third-order valence-electron chi connectivity index (χ3n) is 17.8. The number of carbonyl (C=O) groups excluding carboxylic acids is 6. The van der Waals surface area contributed by atoms with Crippen LogP contribution in [0.25, 0.3) is 0 Å². The van der Waals surface area contributed by atoms with E-state index < -0.39 is 0 Å². The number of carbonyl (C=O) groups is 6. The molecule has 2 aliphatic rings. The molecule has 8 N–H and O–H groups in total. The van der Waals surface area contributed by atoms with Gasteiger partial charge in [-0.25, -0.2) is 0 Å². The van der Waals surface area contributed by atoms with Crippen LogP contribution in [0.1, 0.15) is 144 Å². The number of pyridine rings is 1. The maximum Gasteiger partial charge on any atom is 0.253 e. The number of nitrogens with one attached hydrogen (secondary N) is 8. The van der Waals surface area contributed by atoms with E-state index in [1.54, 1.807) is 12.3 Å². The minimum absolute atomic E-state index is 0.00105. The molecule has 2 aliphatic heterocycles. The number of unbranched alkanes of at least 4 members (excludes halogenated alkanes) is 6. The summed E-state index contributed by atoms with van der Waals surface area (Å²) in [5.41, 5.74) is 8.61. The third kappa shape index (κ3) is 29.1. The van der Waals surface area contributed by atoms with Gasteiger partial charge in [0.2, 0.25) is 23.6 Å². The lowest BCUT2D eigenvalue weighted by Crippen LogP contribution is -2.50. The standard InChI is InChI=1S/2C27H37N3O2.C27H31N3O2/c3*31-26(29-18-9-7-15-22-11-3-1-4-12-22)24-17-20-28-21-25(24)27(32)30-19-10-8-16-23-13-5-2-6-14-23/h2*1-6,11-14,24-25,28H,7-10,15-21H2,(H,29,31)(H,30,32);1-6,11-14,17,20-21H,7-10,15-16,18-19H2,(H,29,31)(H,30,32)/t24-,25+;24-,25-;/m11./s1. The summed E-state index contributed by atoms with van der Waals surface area (Å²) < 4.78 is 0. The van der Waals surface area contributed by atoms with Crippen LogP contribution in [-0.2, 0) is 57.7 Å². The van der Waals surface area contributed by atoms with Crippen molar-refractivity contribution < 1.29 is 28.8 Å². The monoisotopic (exact) mass is 1300 g/mol. The highest BCUT2D eigenvalue weighted by molar-refractivity contribution is 6.07. The minimum Gasteiger partial charge on any atom is -0.356 e. The number of amides is 6. The van der Waals surface area contributed by atoms with Crippen LogP contribution in [-0.4, -0.2) is 106 Å². The second-order valence-electron chi connectivity index (χ2n) is 25.2. The van der Waals surface area contributed by atoms with Crippen LogP contribution in [0.5, 0.6) is 0 Å². The predicted molar refractivity (Wildman–Crippen MR) is 386 cm³/mol. The van der Waals surface area contributed by atoms with Crippen LogP contribution in [0.2, 0.25) is 0 Å². The van der Waals surface area contributed by atoms with Gasteiger partial charge in [0.05, 0.1) is 34.8 Å². The van der Waals surface area contributed by atoms with Gasteiger partial charge in [-0.2, -0.15) is 0 Å². The van der Waals surface area contributed by atoms with Gasteiger partial charge in [0, 0.05) is 64.8 Å². The van der Waals surface area contributed by atoms with Crippen molar-refractivity contribution in [3.63, 3.8) is 0 Å². The lowest BCUT2D eigenvalue weighted by Gasteiger charge is -2.30. The van der Waals surface area contributed by atoms with Gasteiger partial charge < -0.3 is 42.5 Å². The zero-order valence-electron chi connectivity index (χ0n) is 56.5. The normalized spacial score (nSPS) is 15.6. The van der Waals surface area contributed by atoms with Crippen LogP contribution in [0, 0.1) is 23.7 Å². The molecule has 3 heterocycles. The first-order valence-electron chi connectivity index (χ1n) is 35.5. The van der Waals surface area contributed by atoms with E-state index in [2.05, 4.69) is 169 Å². The molecule has 15 nitrogen and oxygen atoms in total. The summed E-state index contributed by atoms with van der Waals surface area (Å²) in [6.45, 7) is 6.53. The molecule has 2 fully saturated rings. The maximum absolute atomic E-state index is 12.8. The predicted octanol–water partition coefficient (Wildman–Crippen LogP) is 11.6. The Kier molecular flexibility index (Phi) is 35.4. The second-order valence-corrected chi connectivity index (χ2v) is 25.2. The lowest BCUT2D eigenvalue weighted by atomic mass is 9.85. The van der Waals surface area contributed by atoms with E-state index in [9.17, 15) is 28.8 Å². The minimum atomic E-state index is -0.290. The first-order chi connectivity index (χ1) is 47.2. The summed E-state index contributed by atoms with van der Waals surface area (Å²) in [5.74, 6) is -1.50. The van der Waals surface area contributed by atoms with Crippen LogP contribution in [0.3, 0.4) is 0 Å². The van der Waals surface area contributed by atoms with Crippen molar-refractivity contribution in [1.29, 1.82) is 0 Å². The number of aryl methyl sites for hydroxylation is 6. The van der Waals surface area contributed by atoms with Gasteiger partial charge in [-0.3, -0.25) is 33.8 Å². The van der Waals surface area contributed by atoms with E-state index in [-0.39, 0.29) is 59.1 Å². The second kappa shape index (κ2) is 45.6. The molecule has 0 radical (unpaired) electrons. The average Bonchev–Trinajstić information content (AvgIpc) is 1.06. The van der Waals surface area contributed by atoms with Crippen molar-refractivity contribution >= 4 is 35.4 Å². The molecule has 510 valence electrons. The molecule has 1 aromatic heterocycles. The first kappa shape index (κ1) is 74.6. The molecular weight excluding hydrogens is 1190 g/mol. The van der Waals surface area contributed by atoms with E-state index in [1.165, 1.54) is 39.6 Å². The van der Waals surface area contributed by atoms with Gasteiger partial charge in [-0.1, -0.05) is 182 Å². The quantitative estimate of drug-likeness (QED) is 0.0175. The lowest BCUT2D eigenvalue weighted by molar-refractivity contribution is -0.135. The van der Waals surface area contributed by atoms with Crippen molar-refractivity contribution in [1.82, 2.24) is 47.5 Å². The number of nitrogens with zero attached hydrogens (tertiary/aromatic N) is 1. The number of hydrogen-bond acceptors (Lipinski definition) is 9. The topological polar surface area (TPSA) is 212 Å². The molecule has 0 aliphatic carbocycles. The number of piperidine rings is 2. The molecule has 0 spiro atoms. The van der Waals surface area contributed by atoms with E-state index in [0.29, 0.717) is 76.3 Å². The van der Waals surface area contributed by atoms with E-state index >= 15 is 0 Å². The molecule has 0 bridgehead atoms. The summed E-state index contributed by atoms with van der Waals surface area (Å²) in [5, 5.41) is 24.7. The number of aromatic nitrogens is 1. The number of hydrogen-bond donors (Lipinski definition) is 8. The van der Waals surface area contributed by atoms with Crippen molar-refractivity contribution in [3.05, 3.63) is 245 Å². The molecule has 2 saturated heterocycles. The maximum atomic E-state index is 12.8. The average molecular weight is 1300 g/mol. The zero-order valence-corrected chi connectivity index (χ0v) is 56.5. The van der Waals surface area contributed by atoms with E-state index in [0.717, 1.165) is 129 Å². The Balaban J connectivity index is 0.000000203. The van der Waals surface area contributed by atoms with Crippen LogP contribution < -0.4 is 42.5 Å². The van der Waals surface area contributed by atoms with Crippen LogP contribution >= 0.6 is 0 Å². The Morgan fingerprint density at radius 2 is 0.552 bits per heavy atom. The molecule has 7 aromatic rings. The fraction of sp³-hybridized carbons (Fsp3) is 0.420. The van der Waals surface area contributed by atoms with Crippen molar-refractivity contribution in [3.8, 4) is 0 Å². The summed E-state index contributed by atoms with van der Waals surface area (Å²) in [4.78, 5) is 80.3. The Bertz CT molecular complexity index is 2930. The Morgan fingerprint density at radius 3 is 0.833 bits per heavy atom. The summed E-state index contributed by atoms with van der Waals surface area (Å²) in [7, 11) is 0. The highest BCUT2D eigenvalue weighted by Gasteiger charge is 2.36. The van der Waals surface area contributed by atoms with Gasteiger partial charge in [0.15, 0.2) is 0 Å². The Hall–Kier alpha value is -8.79. The molecule has 9 rings (SSSR count). The number of rotatable bonds is 36. The van der Waals surface area contributed by atoms with Crippen molar-refractivity contribution in [2.24, 2.45) is 23.7 Å². The molecule has 96 heavy (non-hydrogen) atoms. The van der Waals surface area contributed by atoms with Gasteiger partial charge in [0.1, 0.15) is 0 Å². The highest BCUT2D eigenvalue weighted by Crippen LogP contribution is 2.22. The highest BCUT2D eigenvalue weighted by atomic mass is 16.2. The van der Waals surface area contributed by atoms with Gasteiger partial charge in [-0.15, -0.1) is 0 Å². The van der Waals surface area contributed by atoms with Crippen LogP contribution in [0.15, 0.2) is 200 Å². The molecule has 4 atom stereocenters. The smallest absolute Gasteiger partial charge is 0.253 e. The first-order valence-corrected chi connectivity index (χ1v) is 35.5. The fourth-order valence-corrected chi connectivity index (χ4v) is 12.2. The molecule has 6 amide bonds. The molecule has 0 saturated carbocycles. The van der Waals surface area contributed by atoms with Crippen LogP contribution in [0.4, 0.5) is 0 Å². The molecule has 15 heteroatoms. The van der Waals surface area contributed by atoms with E-state index in [4.69, 9.17) is 0 Å². The van der Waals surface area contributed by atoms with Gasteiger partial charge in [-0.05, 0) is 181 Å². The molecule has 0 unspecified atom stereocenters. The Labute approximate surface area is 571 Å².